The van der Waals surface area contributed by atoms with Gasteiger partial charge in [-0.2, -0.15) is 0 Å². The van der Waals surface area contributed by atoms with Crippen molar-refractivity contribution in [3.05, 3.63) is 94.6 Å². The summed E-state index contributed by atoms with van der Waals surface area (Å²) in [7, 11) is 3.13. The molecule has 0 saturated carbocycles. The van der Waals surface area contributed by atoms with Gasteiger partial charge in [-0.15, -0.1) is 0 Å². The first-order chi connectivity index (χ1) is 17.4. The van der Waals surface area contributed by atoms with Gasteiger partial charge in [-0.3, -0.25) is 9.59 Å². The van der Waals surface area contributed by atoms with Crippen LogP contribution in [0.3, 0.4) is 0 Å². The number of aliphatic hydroxyl groups excluding tert-OH is 1. The van der Waals surface area contributed by atoms with E-state index in [-0.39, 0.29) is 17.9 Å². The van der Waals surface area contributed by atoms with Crippen LogP contribution >= 0.6 is 0 Å². The van der Waals surface area contributed by atoms with Gasteiger partial charge in [0, 0.05) is 12.1 Å². The summed E-state index contributed by atoms with van der Waals surface area (Å²) in [5, 5.41) is 11.4. The number of hydrogen-bond donors (Lipinski definition) is 1. The van der Waals surface area contributed by atoms with Crippen LogP contribution in [-0.4, -0.2) is 42.5 Å². The van der Waals surface area contributed by atoms with Crippen molar-refractivity contribution in [2.45, 2.75) is 26.4 Å². The van der Waals surface area contributed by atoms with Gasteiger partial charge in [0.15, 0.2) is 0 Å². The van der Waals surface area contributed by atoms with Crippen LogP contribution in [0, 0.1) is 6.92 Å². The van der Waals surface area contributed by atoms with Gasteiger partial charge < -0.3 is 24.2 Å². The van der Waals surface area contributed by atoms with Crippen LogP contribution in [0.25, 0.3) is 5.76 Å². The number of rotatable bonds is 8. The molecule has 0 aromatic heterocycles. The molecule has 7 heteroatoms. The summed E-state index contributed by atoms with van der Waals surface area (Å²) in [5.41, 5.74) is 2.71. The summed E-state index contributed by atoms with van der Waals surface area (Å²) in [5.74, 6) is 0.327. The Labute approximate surface area is 210 Å². The van der Waals surface area contributed by atoms with Crippen LogP contribution in [0.5, 0.6) is 17.2 Å². The van der Waals surface area contributed by atoms with Crippen LogP contribution in [0.2, 0.25) is 0 Å². The van der Waals surface area contributed by atoms with Gasteiger partial charge in [0.1, 0.15) is 23.0 Å². The number of amides is 1. The highest BCUT2D eigenvalue weighted by Gasteiger charge is 2.46. The van der Waals surface area contributed by atoms with Crippen molar-refractivity contribution in [3.8, 4) is 17.2 Å². The number of carbonyl (C=O) groups is 2. The molecule has 1 aliphatic rings. The molecular weight excluding hydrogens is 458 g/mol. The Hall–Kier alpha value is -4.26. The molecule has 1 unspecified atom stereocenters. The largest absolute Gasteiger partial charge is 0.507 e. The Kier molecular flexibility index (Phi) is 7.29. The summed E-state index contributed by atoms with van der Waals surface area (Å²) in [6, 6.07) is 18.9. The molecule has 36 heavy (non-hydrogen) atoms. The van der Waals surface area contributed by atoms with E-state index in [4.69, 9.17) is 14.2 Å². The highest BCUT2D eigenvalue weighted by atomic mass is 16.5. The lowest BCUT2D eigenvalue weighted by Gasteiger charge is -2.26. The molecule has 1 heterocycles. The average Bonchev–Trinajstić information content (AvgIpc) is 3.13. The van der Waals surface area contributed by atoms with Crippen LogP contribution in [-0.2, 0) is 16.1 Å². The van der Waals surface area contributed by atoms with Gasteiger partial charge >= 0.3 is 0 Å². The lowest BCUT2D eigenvalue weighted by Crippen LogP contribution is -2.29. The van der Waals surface area contributed by atoms with Crippen molar-refractivity contribution in [3.63, 3.8) is 0 Å². The average molecular weight is 488 g/mol. The maximum Gasteiger partial charge on any atom is 0.295 e. The topological polar surface area (TPSA) is 85.3 Å². The second-order valence-corrected chi connectivity index (χ2v) is 8.46. The third-order valence-electron chi connectivity index (χ3n) is 6.22. The molecule has 3 aromatic carbocycles. The molecule has 0 radical (unpaired) electrons. The van der Waals surface area contributed by atoms with Gasteiger partial charge in [0.2, 0.25) is 0 Å². The third-order valence-corrected chi connectivity index (χ3v) is 6.22. The lowest BCUT2D eigenvalue weighted by atomic mass is 9.93. The number of ether oxygens (including phenoxy) is 3. The van der Waals surface area contributed by atoms with Crippen molar-refractivity contribution in [2.75, 3.05) is 20.8 Å². The summed E-state index contributed by atoms with van der Waals surface area (Å²) < 4.78 is 16.1. The van der Waals surface area contributed by atoms with Crippen LogP contribution in [0.1, 0.15) is 35.2 Å². The van der Waals surface area contributed by atoms with Crippen molar-refractivity contribution in [1.29, 1.82) is 0 Å². The highest BCUT2D eigenvalue weighted by Crippen LogP contribution is 2.41. The molecule has 186 valence electrons. The maximum atomic E-state index is 13.3. The summed E-state index contributed by atoms with van der Waals surface area (Å²) in [6.45, 7) is 4.40. The first kappa shape index (κ1) is 24.9. The van der Waals surface area contributed by atoms with Crippen molar-refractivity contribution in [2.24, 2.45) is 0 Å². The number of Topliss-reactive ketones (excluding diaryl/α,β-unsaturated/α-hetero) is 1. The number of nitrogens with zero attached hydrogens (tertiary/aromatic N) is 1. The van der Waals surface area contributed by atoms with E-state index in [1.165, 1.54) is 4.90 Å². The zero-order chi connectivity index (χ0) is 25.8. The second kappa shape index (κ2) is 10.6. The quantitative estimate of drug-likeness (QED) is 0.272. The fourth-order valence-electron chi connectivity index (χ4n) is 4.45. The molecule has 1 amide bonds. The number of aliphatic hydroxyl groups is 1. The van der Waals surface area contributed by atoms with E-state index in [1.54, 1.807) is 56.7 Å². The number of ketones is 1. The lowest BCUT2D eigenvalue weighted by molar-refractivity contribution is -0.140. The Morgan fingerprint density at radius 3 is 2.25 bits per heavy atom. The SMILES string of the molecule is CCOc1cccc(CN2C(=O)C(=O)/C(=C(\O)c3ccc(OC)cc3C)C2c2ccc(OC)cc2)c1. The Balaban J connectivity index is 1.84. The minimum absolute atomic E-state index is 0.0411. The molecule has 1 saturated heterocycles. The molecule has 0 bridgehead atoms. The molecule has 1 fully saturated rings. The molecular formula is C29H29NO6. The minimum atomic E-state index is -0.784. The Morgan fingerprint density at radius 1 is 0.917 bits per heavy atom. The maximum absolute atomic E-state index is 13.3. The molecule has 4 rings (SSSR count). The summed E-state index contributed by atoms with van der Waals surface area (Å²) in [4.78, 5) is 28.1. The first-order valence-electron chi connectivity index (χ1n) is 11.7. The van der Waals surface area contributed by atoms with E-state index in [2.05, 4.69) is 0 Å². The molecule has 7 nitrogen and oxygen atoms in total. The minimum Gasteiger partial charge on any atom is -0.507 e. The predicted molar refractivity (Wildman–Crippen MR) is 136 cm³/mol. The summed E-state index contributed by atoms with van der Waals surface area (Å²) >= 11 is 0. The number of benzene rings is 3. The van der Waals surface area contributed by atoms with Gasteiger partial charge in [0.25, 0.3) is 11.7 Å². The number of hydrogen-bond acceptors (Lipinski definition) is 6. The molecule has 3 aromatic rings. The van der Waals surface area contributed by atoms with Gasteiger partial charge in [-0.1, -0.05) is 24.3 Å². The van der Waals surface area contributed by atoms with Crippen LogP contribution in [0.4, 0.5) is 0 Å². The van der Waals surface area contributed by atoms with Crippen LogP contribution in [0.15, 0.2) is 72.3 Å². The smallest absolute Gasteiger partial charge is 0.295 e. The molecule has 1 aliphatic heterocycles. The van der Waals surface area contributed by atoms with Crippen molar-refractivity contribution in [1.82, 2.24) is 4.90 Å². The predicted octanol–water partition coefficient (Wildman–Crippen LogP) is 5.03. The van der Waals surface area contributed by atoms with E-state index in [0.29, 0.717) is 35.0 Å². The van der Waals surface area contributed by atoms with E-state index in [1.807, 2.05) is 38.1 Å². The van der Waals surface area contributed by atoms with Gasteiger partial charge in [-0.25, -0.2) is 0 Å². The van der Waals surface area contributed by atoms with E-state index in [9.17, 15) is 14.7 Å². The van der Waals surface area contributed by atoms with E-state index >= 15 is 0 Å². The fourth-order valence-corrected chi connectivity index (χ4v) is 4.45. The number of aryl methyl sites for hydroxylation is 1. The highest BCUT2D eigenvalue weighted by molar-refractivity contribution is 6.46. The zero-order valence-electron chi connectivity index (χ0n) is 20.8. The Morgan fingerprint density at radius 2 is 1.61 bits per heavy atom. The number of methoxy groups -OCH3 is 2. The monoisotopic (exact) mass is 487 g/mol. The van der Waals surface area contributed by atoms with Crippen molar-refractivity contribution >= 4 is 17.4 Å². The normalized spacial score (nSPS) is 16.8. The molecule has 1 N–H and O–H groups in total. The molecule has 0 spiro atoms. The molecule has 0 aliphatic carbocycles. The third kappa shape index (κ3) is 4.77. The molecule has 1 atom stereocenters. The Bertz CT molecular complexity index is 1310. The van der Waals surface area contributed by atoms with Crippen molar-refractivity contribution < 1.29 is 28.9 Å². The summed E-state index contributed by atoms with van der Waals surface area (Å²) in [6.07, 6.45) is 0. The second-order valence-electron chi connectivity index (χ2n) is 8.46. The number of likely N-dealkylation sites (tertiary alicyclic amines) is 1. The zero-order valence-corrected chi connectivity index (χ0v) is 20.8. The van der Waals surface area contributed by atoms with Gasteiger partial charge in [0.05, 0.1) is 32.4 Å². The van der Waals surface area contributed by atoms with Crippen LogP contribution < -0.4 is 14.2 Å². The van der Waals surface area contributed by atoms with E-state index in [0.717, 1.165) is 11.1 Å². The standard InChI is InChI=1S/C29H29NO6/c1-5-36-23-8-6-7-19(16-23)17-30-26(20-9-11-21(34-3)12-10-20)25(28(32)29(30)33)27(31)24-14-13-22(35-4)15-18(24)2/h6-16,26,31H,5,17H2,1-4H3/b27-25-. The number of carbonyl (C=O) groups excluding carboxylic acids is 2. The first-order valence-corrected chi connectivity index (χ1v) is 11.7. The van der Waals surface area contributed by atoms with Gasteiger partial charge in [-0.05, 0) is 73.0 Å². The fraction of sp³-hybridized carbons (Fsp3) is 0.241. The van der Waals surface area contributed by atoms with E-state index < -0.39 is 17.7 Å².